The number of pyridine rings is 1. The number of imidazole rings is 1. The molecule has 2 aromatic heterocycles. The van der Waals surface area contributed by atoms with Crippen LogP contribution in [0.25, 0.3) is 0 Å². The molecule has 1 fully saturated rings. The Morgan fingerprint density at radius 2 is 2.17 bits per heavy atom. The predicted octanol–water partition coefficient (Wildman–Crippen LogP) is 2.03. The molecule has 1 saturated heterocycles. The normalized spacial score (nSPS) is 18.6. The minimum Gasteiger partial charge on any atom is -0.337 e. The predicted molar refractivity (Wildman–Crippen MR) is 92.8 cm³/mol. The molecule has 1 N–H and O–H groups in total. The highest BCUT2D eigenvalue weighted by molar-refractivity contribution is 5.88. The van der Waals surface area contributed by atoms with Crippen molar-refractivity contribution in [2.45, 2.75) is 19.9 Å². The minimum atomic E-state index is -0.108. The van der Waals surface area contributed by atoms with Gasteiger partial charge in [0.1, 0.15) is 11.6 Å². The molecule has 1 unspecified atom stereocenters. The number of aromatic nitrogens is 3. The lowest BCUT2D eigenvalue weighted by atomic mass is 10.1. The number of likely N-dealkylation sites (N-methyl/N-ethyl adjacent to an activating group) is 1. The monoisotopic (exact) mass is 328 g/mol. The van der Waals surface area contributed by atoms with E-state index in [1.807, 2.05) is 41.8 Å². The summed E-state index contributed by atoms with van der Waals surface area (Å²) in [5, 5.41) is 2.90. The fourth-order valence-corrected chi connectivity index (χ4v) is 3.12. The van der Waals surface area contributed by atoms with Gasteiger partial charge >= 0.3 is 6.03 Å². The maximum Gasteiger partial charge on any atom is 0.323 e. The van der Waals surface area contributed by atoms with Crippen LogP contribution < -0.4 is 5.32 Å². The first-order chi connectivity index (χ1) is 11.6. The molecular weight excluding hydrogens is 304 g/mol. The largest absolute Gasteiger partial charge is 0.337 e. The Morgan fingerprint density at radius 1 is 1.33 bits per heavy atom. The molecule has 0 spiro atoms. The molecule has 0 bridgehead atoms. The first-order valence-electron chi connectivity index (χ1n) is 8.28. The molecule has 0 saturated carbocycles. The van der Waals surface area contributed by atoms with Gasteiger partial charge in [0.05, 0.1) is 6.04 Å². The second-order valence-corrected chi connectivity index (χ2v) is 6.14. The first-order valence-corrected chi connectivity index (χ1v) is 8.28. The molecule has 1 atom stereocenters. The van der Waals surface area contributed by atoms with Crippen molar-refractivity contribution in [1.82, 2.24) is 24.3 Å². The summed E-state index contributed by atoms with van der Waals surface area (Å²) in [6.45, 7) is 7.22. The number of hydrogen-bond acceptors (Lipinski definition) is 4. The Balaban J connectivity index is 1.73. The summed E-state index contributed by atoms with van der Waals surface area (Å²) in [7, 11) is 1.99. The van der Waals surface area contributed by atoms with Crippen molar-refractivity contribution in [2.75, 3.05) is 31.5 Å². The fourth-order valence-electron chi connectivity index (χ4n) is 3.12. The number of nitrogens with one attached hydrogen (secondary N) is 1. The summed E-state index contributed by atoms with van der Waals surface area (Å²) in [5.74, 6) is 1.58. The third-order valence-electron chi connectivity index (χ3n) is 4.49. The van der Waals surface area contributed by atoms with Crippen LogP contribution in [0.1, 0.15) is 24.4 Å². The van der Waals surface area contributed by atoms with E-state index in [9.17, 15) is 4.79 Å². The highest BCUT2D eigenvalue weighted by Crippen LogP contribution is 2.24. The van der Waals surface area contributed by atoms with E-state index in [4.69, 9.17) is 0 Å². The number of rotatable bonds is 3. The summed E-state index contributed by atoms with van der Waals surface area (Å²) in [6.07, 6.45) is 5.45. The van der Waals surface area contributed by atoms with Gasteiger partial charge in [0.15, 0.2) is 0 Å². The van der Waals surface area contributed by atoms with Crippen LogP contribution >= 0.6 is 0 Å². The maximum absolute atomic E-state index is 12.6. The van der Waals surface area contributed by atoms with E-state index in [0.29, 0.717) is 18.9 Å². The van der Waals surface area contributed by atoms with Crippen molar-refractivity contribution in [3.63, 3.8) is 0 Å². The van der Waals surface area contributed by atoms with Gasteiger partial charge in [0, 0.05) is 45.3 Å². The van der Waals surface area contributed by atoms with Gasteiger partial charge in [-0.05, 0) is 31.2 Å². The molecule has 2 aromatic rings. The third kappa shape index (κ3) is 3.41. The number of hydrogen-bond donors (Lipinski definition) is 1. The van der Waals surface area contributed by atoms with E-state index in [1.54, 1.807) is 12.4 Å². The summed E-state index contributed by atoms with van der Waals surface area (Å²) >= 11 is 0. The van der Waals surface area contributed by atoms with Crippen molar-refractivity contribution < 1.29 is 4.79 Å². The molecular formula is C17H24N6O. The van der Waals surface area contributed by atoms with Crippen LogP contribution in [0, 0.1) is 6.92 Å². The number of piperazine rings is 1. The summed E-state index contributed by atoms with van der Waals surface area (Å²) in [6, 6.07) is 3.78. The summed E-state index contributed by atoms with van der Waals surface area (Å²) < 4.78 is 2.02. The second-order valence-electron chi connectivity index (χ2n) is 6.14. The Bertz CT molecular complexity index is 713. The lowest BCUT2D eigenvalue weighted by Gasteiger charge is -2.40. The molecule has 24 heavy (non-hydrogen) atoms. The average Bonchev–Trinajstić information content (AvgIpc) is 3.00. The van der Waals surface area contributed by atoms with Crippen molar-refractivity contribution in [1.29, 1.82) is 0 Å². The lowest BCUT2D eigenvalue weighted by Crippen LogP contribution is -2.52. The van der Waals surface area contributed by atoms with E-state index in [2.05, 4.69) is 27.1 Å². The van der Waals surface area contributed by atoms with Gasteiger partial charge < -0.3 is 9.47 Å². The van der Waals surface area contributed by atoms with E-state index in [0.717, 1.165) is 24.5 Å². The fraction of sp³-hybridized carbons (Fsp3) is 0.471. The second kappa shape index (κ2) is 7.00. The van der Waals surface area contributed by atoms with E-state index >= 15 is 0 Å². The van der Waals surface area contributed by atoms with Crippen molar-refractivity contribution >= 4 is 11.8 Å². The van der Waals surface area contributed by atoms with Gasteiger partial charge in [0.2, 0.25) is 0 Å². The Kier molecular flexibility index (Phi) is 4.80. The van der Waals surface area contributed by atoms with E-state index in [1.165, 1.54) is 0 Å². The zero-order valence-corrected chi connectivity index (χ0v) is 14.4. The van der Waals surface area contributed by atoms with Crippen molar-refractivity contribution in [2.24, 2.45) is 7.05 Å². The number of urea groups is 1. The molecule has 0 radical (unpaired) electrons. The molecule has 1 aliphatic rings. The van der Waals surface area contributed by atoms with Gasteiger partial charge in [0.25, 0.3) is 0 Å². The smallest absolute Gasteiger partial charge is 0.323 e. The number of carbonyl (C=O) groups excluding carboxylic acids is 1. The minimum absolute atomic E-state index is 0.108. The highest BCUT2D eigenvalue weighted by Gasteiger charge is 2.32. The molecule has 3 heterocycles. The maximum atomic E-state index is 12.6. The van der Waals surface area contributed by atoms with Gasteiger partial charge in [-0.15, -0.1) is 0 Å². The number of amides is 2. The van der Waals surface area contributed by atoms with Crippen LogP contribution in [0.2, 0.25) is 0 Å². The van der Waals surface area contributed by atoms with Gasteiger partial charge in [-0.2, -0.15) is 0 Å². The van der Waals surface area contributed by atoms with E-state index < -0.39 is 0 Å². The molecule has 0 aliphatic carbocycles. The Hall–Kier alpha value is -2.41. The van der Waals surface area contributed by atoms with Crippen molar-refractivity contribution in [3.8, 4) is 0 Å². The van der Waals surface area contributed by atoms with Crippen LogP contribution in [0.15, 0.2) is 30.7 Å². The highest BCUT2D eigenvalue weighted by atomic mass is 16.2. The zero-order chi connectivity index (χ0) is 17.1. The number of nitrogens with zero attached hydrogens (tertiary/aromatic N) is 5. The first kappa shape index (κ1) is 16.4. The van der Waals surface area contributed by atoms with E-state index in [-0.39, 0.29) is 12.1 Å². The van der Waals surface area contributed by atoms with Crippen LogP contribution in [0.3, 0.4) is 0 Å². The molecule has 2 amide bonds. The Labute approximate surface area is 142 Å². The van der Waals surface area contributed by atoms with Crippen LogP contribution in [-0.4, -0.2) is 56.5 Å². The molecule has 128 valence electrons. The molecule has 1 aliphatic heterocycles. The SMILES string of the molecule is CCN1CCN(C(=O)Nc2cc(C)ccn2)CC1c1nccn1C. The number of carbonyl (C=O) groups is 1. The quantitative estimate of drug-likeness (QED) is 0.936. The third-order valence-corrected chi connectivity index (χ3v) is 4.49. The van der Waals surface area contributed by atoms with Crippen LogP contribution in [0.4, 0.5) is 10.6 Å². The molecule has 7 nitrogen and oxygen atoms in total. The average molecular weight is 328 g/mol. The summed E-state index contributed by atoms with van der Waals surface area (Å²) in [4.78, 5) is 25.5. The topological polar surface area (TPSA) is 66.3 Å². The van der Waals surface area contributed by atoms with Gasteiger partial charge in [-0.25, -0.2) is 14.8 Å². The van der Waals surface area contributed by atoms with Crippen LogP contribution in [0.5, 0.6) is 0 Å². The number of anilines is 1. The van der Waals surface area contributed by atoms with Gasteiger partial charge in [-0.1, -0.05) is 6.92 Å². The Morgan fingerprint density at radius 3 is 2.83 bits per heavy atom. The summed E-state index contributed by atoms with van der Waals surface area (Å²) in [5.41, 5.74) is 1.07. The molecule has 7 heteroatoms. The van der Waals surface area contributed by atoms with Gasteiger partial charge in [-0.3, -0.25) is 10.2 Å². The van der Waals surface area contributed by atoms with Crippen LogP contribution in [-0.2, 0) is 7.05 Å². The number of aryl methyl sites for hydroxylation is 2. The molecule has 3 rings (SSSR count). The standard InChI is InChI=1S/C17H24N6O/c1-4-22-9-10-23(12-14(22)16-19-7-8-21(16)3)17(24)20-15-11-13(2)5-6-18-15/h5-8,11,14H,4,9-10,12H2,1-3H3,(H,18,20,24). The molecule has 0 aromatic carbocycles. The zero-order valence-electron chi connectivity index (χ0n) is 14.4. The lowest BCUT2D eigenvalue weighted by molar-refractivity contribution is 0.0926. The van der Waals surface area contributed by atoms with Crippen molar-refractivity contribution in [3.05, 3.63) is 42.1 Å².